The van der Waals surface area contributed by atoms with Gasteiger partial charge in [-0.05, 0) is 96.8 Å². The number of aromatic hydroxyl groups is 2. The zero-order valence-electron chi connectivity index (χ0n) is 32.3. The molecule has 4 aromatic carbocycles. The van der Waals surface area contributed by atoms with E-state index in [0.29, 0.717) is 22.3 Å². The number of hydrogen-bond acceptors (Lipinski definition) is 13. The van der Waals surface area contributed by atoms with Gasteiger partial charge in [0.25, 0.3) is 0 Å². The van der Waals surface area contributed by atoms with Crippen molar-refractivity contribution in [3.05, 3.63) is 119 Å². The molecule has 0 saturated carbocycles. The fraction of sp³-hybridized carbons (Fsp3) is 0.233. The van der Waals surface area contributed by atoms with Crippen molar-refractivity contribution < 1.29 is 62.6 Å². The van der Waals surface area contributed by atoms with Gasteiger partial charge in [-0.2, -0.15) is 0 Å². The number of phenols is 2. The predicted octanol–water partition coefficient (Wildman–Crippen LogP) is 5.30. The zero-order chi connectivity index (χ0) is 42.0. The summed E-state index contributed by atoms with van der Waals surface area (Å²) in [5, 5.41) is 24.4. The van der Waals surface area contributed by atoms with Crippen molar-refractivity contribution >= 4 is 42.1 Å². The molecule has 58 heavy (non-hydrogen) atoms. The van der Waals surface area contributed by atoms with E-state index in [1.165, 1.54) is 87.1 Å². The summed E-state index contributed by atoms with van der Waals surface area (Å²) in [6.45, 7) is 3.58. The number of hydrogen-bond donors (Lipinski definition) is 4. The Kier molecular flexibility index (Phi) is 16.3. The number of esters is 2. The van der Waals surface area contributed by atoms with Gasteiger partial charge in [0.2, 0.25) is 11.8 Å². The first-order chi connectivity index (χ1) is 27.9. The minimum absolute atomic E-state index is 0.0152. The lowest BCUT2D eigenvalue weighted by atomic mass is 10.1. The molecule has 0 aliphatic carbocycles. The Labute approximate surface area is 334 Å². The van der Waals surface area contributed by atoms with Gasteiger partial charge in [0.1, 0.15) is 23.6 Å². The summed E-state index contributed by atoms with van der Waals surface area (Å²) in [5.74, 6) is -1.88. The second kappa shape index (κ2) is 21.7. The van der Waals surface area contributed by atoms with E-state index in [-0.39, 0.29) is 60.6 Å². The van der Waals surface area contributed by atoms with Gasteiger partial charge < -0.3 is 49.3 Å². The lowest BCUT2D eigenvalue weighted by Crippen LogP contribution is -2.42. The maximum absolute atomic E-state index is 12.8. The number of phenolic OH excluding ortho intramolecular Hbond substituents is 2. The Morgan fingerprint density at radius 1 is 0.569 bits per heavy atom. The first-order valence-electron chi connectivity index (χ1n) is 18.0. The van der Waals surface area contributed by atoms with Crippen LogP contribution in [0.15, 0.2) is 97.1 Å². The SMILES string of the molecule is CCOC(=O)[C@H](Cc1ccc(O)cc1)NC(=O)/C=C/c1ccc(OC(=O)Oc2ccc(/C=C/C(=O)N[C@@H](Cc3ccc(O)cc3)C(=O)OCC)cc2OC)c(OC)c1. The van der Waals surface area contributed by atoms with Crippen LogP contribution in [0, 0.1) is 0 Å². The highest BCUT2D eigenvalue weighted by Gasteiger charge is 2.23. The van der Waals surface area contributed by atoms with E-state index in [2.05, 4.69) is 10.6 Å². The standard InChI is InChI=1S/C43H44N2O13/c1-5-55-41(50)33(23-27-7-15-31(46)16-8-27)44-39(48)21-13-29-11-19-35(37(25-29)53-3)57-43(52)58-36-20-12-30(26-38(36)54-4)14-22-40(49)45-34(42(51)56-6-2)24-28-9-17-32(47)18-10-28/h7-22,25-26,33-34,46-47H,5-6,23-24H2,1-4H3,(H,44,48)(H,45,49)/b21-13+,22-14+/t33-,34-/m0/s1. The minimum Gasteiger partial charge on any atom is -0.508 e. The maximum atomic E-state index is 12.8. The second-order valence-electron chi connectivity index (χ2n) is 12.3. The molecular weight excluding hydrogens is 752 g/mol. The lowest BCUT2D eigenvalue weighted by Gasteiger charge is -2.16. The molecule has 0 saturated heterocycles. The second-order valence-corrected chi connectivity index (χ2v) is 12.3. The fourth-order valence-corrected chi connectivity index (χ4v) is 5.34. The number of nitrogens with one attached hydrogen (secondary N) is 2. The van der Waals surface area contributed by atoms with Crippen molar-refractivity contribution in [3.8, 4) is 34.5 Å². The molecule has 0 fully saturated rings. The molecule has 4 rings (SSSR count). The Balaban J connectivity index is 1.36. The van der Waals surface area contributed by atoms with Crippen LogP contribution in [0.3, 0.4) is 0 Å². The third kappa shape index (κ3) is 13.5. The Bertz CT molecular complexity index is 1960. The quantitative estimate of drug-likeness (QED) is 0.0574. The van der Waals surface area contributed by atoms with Crippen LogP contribution < -0.4 is 29.6 Å². The number of methoxy groups -OCH3 is 2. The highest BCUT2D eigenvalue weighted by atomic mass is 16.7. The van der Waals surface area contributed by atoms with E-state index in [0.717, 1.165) is 0 Å². The van der Waals surface area contributed by atoms with E-state index in [1.807, 2.05) is 0 Å². The van der Waals surface area contributed by atoms with E-state index in [1.54, 1.807) is 50.2 Å². The highest BCUT2D eigenvalue weighted by Crippen LogP contribution is 2.32. The minimum atomic E-state index is -1.11. The first-order valence-corrected chi connectivity index (χ1v) is 18.0. The van der Waals surface area contributed by atoms with Crippen LogP contribution in [0.2, 0.25) is 0 Å². The van der Waals surface area contributed by atoms with Gasteiger partial charge in [-0.1, -0.05) is 36.4 Å². The molecule has 0 bridgehead atoms. The monoisotopic (exact) mass is 796 g/mol. The van der Waals surface area contributed by atoms with Gasteiger partial charge in [0.05, 0.1) is 27.4 Å². The largest absolute Gasteiger partial charge is 0.519 e. The van der Waals surface area contributed by atoms with Crippen LogP contribution in [0.25, 0.3) is 12.2 Å². The van der Waals surface area contributed by atoms with Crippen molar-refractivity contribution in [3.63, 3.8) is 0 Å². The van der Waals surface area contributed by atoms with Gasteiger partial charge in [-0.25, -0.2) is 14.4 Å². The molecule has 15 heteroatoms. The van der Waals surface area contributed by atoms with Crippen molar-refractivity contribution in [2.75, 3.05) is 27.4 Å². The molecule has 0 aliphatic heterocycles. The van der Waals surface area contributed by atoms with E-state index < -0.39 is 42.0 Å². The van der Waals surface area contributed by atoms with E-state index >= 15 is 0 Å². The predicted molar refractivity (Wildman–Crippen MR) is 211 cm³/mol. The van der Waals surface area contributed by atoms with Crippen LogP contribution >= 0.6 is 0 Å². The molecule has 0 aromatic heterocycles. The average Bonchev–Trinajstić information content (AvgIpc) is 3.21. The van der Waals surface area contributed by atoms with E-state index in [4.69, 9.17) is 28.4 Å². The van der Waals surface area contributed by atoms with Crippen molar-refractivity contribution in [1.82, 2.24) is 10.6 Å². The van der Waals surface area contributed by atoms with Crippen molar-refractivity contribution in [1.29, 1.82) is 0 Å². The Morgan fingerprint density at radius 2 is 0.948 bits per heavy atom. The van der Waals surface area contributed by atoms with Gasteiger partial charge in [0, 0.05) is 25.0 Å². The molecule has 4 aromatic rings. The number of amides is 2. The lowest BCUT2D eigenvalue weighted by molar-refractivity contribution is -0.147. The van der Waals surface area contributed by atoms with Crippen LogP contribution in [0.1, 0.15) is 36.1 Å². The third-order valence-corrected chi connectivity index (χ3v) is 8.14. The molecular formula is C43H44N2O13. The normalized spacial score (nSPS) is 11.9. The summed E-state index contributed by atoms with van der Waals surface area (Å²) in [5.41, 5.74) is 2.42. The molecule has 0 unspecified atom stereocenters. The molecule has 0 radical (unpaired) electrons. The number of ether oxygens (including phenoxy) is 6. The molecule has 0 spiro atoms. The Morgan fingerprint density at radius 3 is 1.29 bits per heavy atom. The average molecular weight is 797 g/mol. The third-order valence-electron chi connectivity index (χ3n) is 8.14. The molecule has 304 valence electrons. The van der Waals surface area contributed by atoms with Crippen LogP contribution in [0.4, 0.5) is 4.79 Å². The number of carbonyl (C=O) groups is 5. The van der Waals surface area contributed by atoms with Gasteiger partial charge in [-0.3, -0.25) is 9.59 Å². The smallest absolute Gasteiger partial charge is 0.508 e. The summed E-state index contributed by atoms with van der Waals surface area (Å²) in [7, 11) is 2.73. The van der Waals surface area contributed by atoms with E-state index in [9.17, 15) is 34.2 Å². The molecule has 2 atom stereocenters. The van der Waals surface area contributed by atoms with Gasteiger partial charge in [0.15, 0.2) is 23.0 Å². The molecule has 15 nitrogen and oxygen atoms in total. The number of carbonyl (C=O) groups excluding carboxylic acids is 5. The highest BCUT2D eigenvalue weighted by molar-refractivity contribution is 5.95. The molecule has 0 heterocycles. The van der Waals surface area contributed by atoms with Crippen molar-refractivity contribution in [2.45, 2.75) is 38.8 Å². The maximum Gasteiger partial charge on any atom is 0.519 e. The fourth-order valence-electron chi connectivity index (χ4n) is 5.34. The summed E-state index contributed by atoms with van der Waals surface area (Å²) >= 11 is 0. The van der Waals surface area contributed by atoms with Crippen molar-refractivity contribution in [2.24, 2.45) is 0 Å². The zero-order valence-corrected chi connectivity index (χ0v) is 32.3. The number of rotatable bonds is 18. The summed E-state index contributed by atoms with van der Waals surface area (Å²) in [6, 6.07) is 19.6. The first kappa shape index (κ1) is 43.4. The van der Waals surface area contributed by atoms with Crippen LogP contribution in [0.5, 0.6) is 34.5 Å². The Hall–Kier alpha value is -7.29. The molecule has 0 aliphatic rings. The molecule has 2 amide bonds. The van der Waals surface area contributed by atoms with Gasteiger partial charge >= 0.3 is 18.1 Å². The summed E-state index contributed by atoms with van der Waals surface area (Å²) < 4.78 is 31.8. The van der Waals surface area contributed by atoms with Gasteiger partial charge in [-0.15, -0.1) is 0 Å². The van der Waals surface area contributed by atoms with Crippen LogP contribution in [-0.2, 0) is 41.5 Å². The topological polar surface area (TPSA) is 205 Å². The number of benzene rings is 4. The van der Waals surface area contributed by atoms with Crippen LogP contribution in [-0.4, -0.2) is 79.6 Å². The summed E-state index contributed by atoms with van der Waals surface area (Å²) in [6.07, 6.45) is 4.58. The molecule has 4 N–H and O–H groups in total. The summed E-state index contributed by atoms with van der Waals surface area (Å²) in [4.78, 5) is 63.5.